The molecule has 0 saturated heterocycles. The quantitative estimate of drug-likeness (QED) is 0.821. The number of hydrogen-bond donors (Lipinski definition) is 1. The Bertz CT molecular complexity index is 643. The largest absolute Gasteiger partial charge is 0.467 e. The van der Waals surface area contributed by atoms with Crippen molar-refractivity contribution in [3.05, 3.63) is 40.6 Å². The molecule has 0 bridgehead atoms. The number of amides is 1. The maximum Gasteiger partial charge on any atom is 0.283 e. The van der Waals surface area contributed by atoms with Crippen molar-refractivity contribution in [2.75, 3.05) is 0 Å². The zero-order chi connectivity index (χ0) is 16.3. The van der Waals surface area contributed by atoms with Gasteiger partial charge in [-0.2, -0.15) is 5.10 Å². The summed E-state index contributed by atoms with van der Waals surface area (Å²) in [7, 11) is 0. The van der Waals surface area contributed by atoms with Crippen molar-refractivity contribution in [2.24, 2.45) is 0 Å². The third kappa shape index (κ3) is 3.59. The van der Waals surface area contributed by atoms with Crippen LogP contribution in [0.5, 0.6) is 0 Å². The minimum Gasteiger partial charge on any atom is -0.467 e. The molecule has 1 N–H and O–H groups in total. The van der Waals surface area contributed by atoms with E-state index >= 15 is 0 Å². The first kappa shape index (κ1) is 16.3. The monoisotopic (exact) mass is 339 g/mol. The Kier molecular flexibility index (Phi) is 5.07. The molecule has 0 aliphatic carbocycles. The van der Waals surface area contributed by atoms with E-state index in [-0.39, 0.29) is 6.54 Å². The molecule has 2 aromatic rings. The Morgan fingerprint density at radius 1 is 1.36 bits per heavy atom. The van der Waals surface area contributed by atoms with Gasteiger partial charge in [-0.3, -0.25) is 9.48 Å². The van der Waals surface area contributed by atoms with Gasteiger partial charge >= 0.3 is 0 Å². The molecule has 1 amide bonds. The van der Waals surface area contributed by atoms with Gasteiger partial charge in [-0.05, 0) is 12.1 Å². The predicted octanol–water partition coefficient (Wildman–Crippen LogP) is 3.32. The van der Waals surface area contributed by atoms with E-state index in [1.807, 2.05) is 0 Å². The highest BCUT2D eigenvalue weighted by molar-refractivity contribution is 6.32. The summed E-state index contributed by atoms with van der Waals surface area (Å²) in [6, 6.07) is 3.21. The third-order valence-electron chi connectivity index (χ3n) is 2.70. The second-order valence-corrected chi connectivity index (χ2v) is 4.58. The number of alkyl halides is 4. The summed E-state index contributed by atoms with van der Waals surface area (Å²) in [6.07, 6.45) is -4.85. The lowest BCUT2D eigenvalue weighted by molar-refractivity contribution is -0.122. The second-order valence-electron chi connectivity index (χ2n) is 4.20. The Morgan fingerprint density at radius 3 is 2.64 bits per heavy atom. The van der Waals surface area contributed by atoms with Crippen molar-refractivity contribution in [3.8, 4) is 0 Å². The van der Waals surface area contributed by atoms with Gasteiger partial charge in [0.1, 0.15) is 23.7 Å². The molecule has 0 spiro atoms. The summed E-state index contributed by atoms with van der Waals surface area (Å²) in [5.41, 5.74) is -1.89. The van der Waals surface area contributed by atoms with Crippen molar-refractivity contribution in [2.45, 2.75) is 25.9 Å². The zero-order valence-electron chi connectivity index (χ0n) is 10.9. The molecule has 2 heterocycles. The van der Waals surface area contributed by atoms with Gasteiger partial charge in [0.05, 0.1) is 17.8 Å². The molecule has 2 aromatic heterocycles. The average Bonchev–Trinajstić information content (AvgIpc) is 3.04. The molecule has 5 nitrogen and oxygen atoms in total. The van der Waals surface area contributed by atoms with Crippen molar-refractivity contribution < 1.29 is 26.8 Å². The van der Waals surface area contributed by atoms with Crippen LogP contribution >= 0.6 is 11.6 Å². The molecule has 0 radical (unpaired) electrons. The van der Waals surface area contributed by atoms with Crippen molar-refractivity contribution in [1.29, 1.82) is 0 Å². The van der Waals surface area contributed by atoms with Crippen LogP contribution in [0, 0.1) is 0 Å². The predicted molar refractivity (Wildman–Crippen MR) is 67.7 cm³/mol. The highest BCUT2D eigenvalue weighted by atomic mass is 35.5. The Hall–Kier alpha value is -2.03. The second kappa shape index (κ2) is 6.82. The number of aromatic nitrogens is 2. The van der Waals surface area contributed by atoms with Crippen LogP contribution in [0.25, 0.3) is 0 Å². The van der Waals surface area contributed by atoms with Gasteiger partial charge in [0.15, 0.2) is 0 Å². The Labute approximate surface area is 126 Å². The van der Waals surface area contributed by atoms with Gasteiger partial charge in [-0.15, -0.1) is 0 Å². The van der Waals surface area contributed by atoms with E-state index in [0.717, 1.165) is 0 Å². The molecular formula is C12H10ClF4N3O2. The van der Waals surface area contributed by atoms with Gasteiger partial charge in [0, 0.05) is 0 Å². The smallest absolute Gasteiger partial charge is 0.283 e. The molecule has 10 heteroatoms. The number of furan rings is 1. The summed E-state index contributed by atoms with van der Waals surface area (Å²) in [4.78, 5) is 11.7. The minimum absolute atomic E-state index is 0.0343. The van der Waals surface area contributed by atoms with Crippen LogP contribution in [0.1, 0.15) is 30.0 Å². The van der Waals surface area contributed by atoms with Crippen LogP contribution < -0.4 is 5.32 Å². The van der Waals surface area contributed by atoms with Crippen molar-refractivity contribution >= 4 is 17.5 Å². The van der Waals surface area contributed by atoms with Crippen LogP contribution in [0.3, 0.4) is 0 Å². The number of nitrogens with zero attached hydrogens (tertiary/aromatic N) is 2. The molecule has 0 unspecified atom stereocenters. The Morgan fingerprint density at radius 2 is 2.09 bits per heavy atom. The van der Waals surface area contributed by atoms with Gasteiger partial charge < -0.3 is 9.73 Å². The highest BCUT2D eigenvalue weighted by Crippen LogP contribution is 2.34. The first-order chi connectivity index (χ1) is 10.4. The number of carbonyl (C=O) groups excluding carboxylic acids is 1. The maximum atomic E-state index is 12.9. The molecule has 22 heavy (non-hydrogen) atoms. The molecule has 120 valence electrons. The first-order valence-electron chi connectivity index (χ1n) is 6.01. The fourth-order valence-electron chi connectivity index (χ4n) is 1.73. The fourth-order valence-corrected chi connectivity index (χ4v) is 2.03. The van der Waals surface area contributed by atoms with Gasteiger partial charge in [-0.25, -0.2) is 17.6 Å². The fraction of sp³-hybridized carbons (Fsp3) is 0.333. The number of carbonyl (C=O) groups is 1. The SMILES string of the molecule is O=C(Cn1nc(C(F)F)c(Cl)c1C(F)F)NCc1ccco1. The topological polar surface area (TPSA) is 60.1 Å². The number of halogens is 5. The standard InChI is InChI=1S/C12H10ClF4N3O2/c13-8-9(11(14)15)19-20(10(8)12(16)17)5-7(21)18-4-6-2-1-3-22-6/h1-3,11-12H,4-5H2,(H,18,21). The van der Waals surface area contributed by atoms with Gasteiger partial charge in [-0.1, -0.05) is 11.6 Å². The summed E-state index contributed by atoms with van der Waals surface area (Å²) in [5, 5.41) is 4.84. The van der Waals surface area contributed by atoms with Gasteiger partial charge in [0.25, 0.3) is 12.9 Å². The van der Waals surface area contributed by atoms with Crippen LogP contribution in [-0.4, -0.2) is 15.7 Å². The zero-order valence-corrected chi connectivity index (χ0v) is 11.7. The van der Waals surface area contributed by atoms with Gasteiger partial charge in [0.2, 0.25) is 5.91 Å². The first-order valence-corrected chi connectivity index (χ1v) is 6.39. The third-order valence-corrected chi connectivity index (χ3v) is 3.09. The van der Waals surface area contributed by atoms with E-state index in [2.05, 4.69) is 10.4 Å². The lowest BCUT2D eigenvalue weighted by Gasteiger charge is -2.07. The van der Waals surface area contributed by atoms with E-state index in [1.54, 1.807) is 12.1 Å². The van der Waals surface area contributed by atoms with Crippen LogP contribution in [0.4, 0.5) is 17.6 Å². The van der Waals surface area contributed by atoms with E-state index in [4.69, 9.17) is 16.0 Å². The molecular weight excluding hydrogens is 330 g/mol. The van der Waals surface area contributed by atoms with E-state index in [0.29, 0.717) is 10.4 Å². The summed E-state index contributed by atoms with van der Waals surface area (Å²) < 4.78 is 56.5. The normalized spacial score (nSPS) is 11.4. The maximum absolute atomic E-state index is 12.9. The number of rotatable bonds is 6. The lowest BCUT2D eigenvalue weighted by Crippen LogP contribution is -2.28. The summed E-state index contributed by atoms with van der Waals surface area (Å²) in [5.74, 6) is -0.243. The van der Waals surface area contributed by atoms with E-state index < -0.39 is 41.7 Å². The van der Waals surface area contributed by atoms with Crippen molar-refractivity contribution in [3.63, 3.8) is 0 Å². The molecule has 0 aromatic carbocycles. The Balaban J connectivity index is 2.11. The van der Waals surface area contributed by atoms with E-state index in [9.17, 15) is 22.4 Å². The van der Waals surface area contributed by atoms with E-state index in [1.165, 1.54) is 6.26 Å². The molecule has 0 saturated carbocycles. The van der Waals surface area contributed by atoms with Crippen LogP contribution in [0.15, 0.2) is 22.8 Å². The summed E-state index contributed by atoms with van der Waals surface area (Å²) in [6.45, 7) is -0.626. The molecule has 0 fully saturated rings. The van der Waals surface area contributed by atoms with Crippen LogP contribution in [0.2, 0.25) is 5.02 Å². The number of hydrogen-bond acceptors (Lipinski definition) is 3. The summed E-state index contributed by atoms with van der Waals surface area (Å²) >= 11 is 5.47. The van der Waals surface area contributed by atoms with Crippen molar-refractivity contribution in [1.82, 2.24) is 15.1 Å². The number of nitrogens with one attached hydrogen (secondary N) is 1. The van der Waals surface area contributed by atoms with Crippen LogP contribution in [-0.2, 0) is 17.9 Å². The average molecular weight is 340 g/mol. The molecule has 0 aliphatic heterocycles. The lowest BCUT2D eigenvalue weighted by atomic mass is 10.3. The minimum atomic E-state index is -3.13. The molecule has 0 aliphatic rings. The molecule has 2 rings (SSSR count). The highest BCUT2D eigenvalue weighted by Gasteiger charge is 2.28. The molecule has 0 atom stereocenters.